The Bertz CT molecular complexity index is 310. The number of aliphatic hydroxyl groups is 1. The van der Waals surface area contributed by atoms with Gasteiger partial charge in [-0.25, -0.2) is 4.98 Å². The summed E-state index contributed by atoms with van der Waals surface area (Å²) in [5, 5.41) is 9.63. The molecule has 0 fully saturated rings. The Morgan fingerprint density at radius 2 is 2.14 bits per heavy atom. The van der Waals surface area contributed by atoms with Gasteiger partial charge in [0.25, 0.3) is 0 Å². The zero-order valence-electron chi connectivity index (χ0n) is 9.28. The molecule has 1 heterocycles. The van der Waals surface area contributed by atoms with Crippen LogP contribution in [0.1, 0.15) is 30.6 Å². The van der Waals surface area contributed by atoms with E-state index in [1.807, 2.05) is 38.9 Å². The van der Waals surface area contributed by atoms with Crippen LogP contribution in [0.2, 0.25) is 0 Å². The SMILES string of the molecule is CC[C@@H](O)c1cnc(N(C)C)c(C)c1. The first-order valence-electron chi connectivity index (χ1n) is 4.88. The van der Waals surface area contributed by atoms with E-state index in [4.69, 9.17) is 0 Å². The highest BCUT2D eigenvalue weighted by Gasteiger charge is 2.08. The molecule has 1 aromatic heterocycles. The number of pyridine rings is 1. The van der Waals surface area contributed by atoms with Gasteiger partial charge in [0.1, 0.15) is 5.82 Å². The molecule has 0 bridgehead atoms. The number of hydrogen-bond acceptors (Lipinski definition) is 3. The molecular weight excluding hydrogens is 176 g/mol. The summed E-state index contributed by atoms with van der Waals surface area (Å²) >= 11 is 0. The third-order valence-corrected chi connectivity index (χ3v) is 2.27. The van der Waals surface area contributed by atoms with E-state index in [9.17, 15) is 5.11 Å². The fourth-order valence-corrected chi connectivity index (χ4v) is 1.48. The highest BCUT2D eigenvalue weighted by molar-refractivity contribution is 5.46. The first kappa shape index (κ1) is 11.0. The molecule has 14 heavy (non-hydrogen) atoms. The number of rotatable bonds is 3. The summed E-state index contributed by atoms with van der Waals surface area (Å²) in [6, 6.07) is 2.00. The molecular formula is C11H18N2O. The Hall–Kier alpha value is -1.09. The maximum Gasteiger partial charge on any atom is 0.130 e. The molecule has 0 aromatic carbocycles. The Balaban J connectivity index is 3.00. The van der Waals surface area contributed by atoms with Crippen LogP contribution in [-0.2, 0) is 0 Å². The van der Waals surface area contributed by atoms with Gasteiger partial charge in [0.05, 0.1) is 6.10 Å². The summed E-state index contributed by atoms with van der Waals surface area (Å²) in [5.41, 5.74) is 2.00. The van der Waals surface area contributed by atoms with E-state index in [2.05, 4.69) is 4.98 Å². The molecule has 1 aromatic rings. The second-order valence-electron chi connectivity index (χ2n) is 3.73. The zero-order valence-corrected chi connectivity index (χ0v) is 9.28. The summed E-state index contributed by atoms with van der Waals surface area (Å²) in [6.07, 6.45) is 2.08. The van der Waals surface area contributed by atoms with Gasteiger partial charge in [0.15, 0.2) is 0 Å². The van der Waals surface area contributed by atoms with Crippen LogP contribution < -0.4 is 4.90 Å². The predicted octanol–water partition coefficient (Wildman–Crippen LogP) is 1.90. The van der Waals surface area contributed by atoms with Gasteiger partial charge in [-0.1, -0.05) is 6.92 Å². The summed E-state index contributed by atoms with van der Waals surface area (Å²) in [6.45, 7) is 3.97. The first-order valence-corrected chi connectivity index (χ1v) is 4.88. The van der Waals surface area contributed by atoms with Gasteiger partial charge in [0.2, 0.25) is 0 Å². The van der Waals surface area contributed by atoms with Crippen LogP contribution in [0.4, 0.5) is 5.82 Å². The lowest BCUT2D eigenvalue weighted by atomic mass is 10.1. The molecule has 0 radical (unpaired) electrons. The lowest BCUT2D eigenvalue weighted by Gasteiger charge is -2.16. The number of nitrogens with zero attached hydrogens (tertiary/aromatic N) is 2. The largest absolute Gasteiger partial charge is 0.388 e. The topological polar surface area (TPSA) is 36.4 Å². The van der Waals surface area contributed by atoms with Crippen molar-refractivity contribution in [2.75, 3.05) is 19.0 Å². The normalized spacial score (nSPS) is 12.6. The highest BCUT2D eigenvalue weighted by Crippen LogP contribution is 2.21. The van der Waals surface area contributed by atoms with Crippen molar-refractivity contribution >= 4 is 5.82 Å². The maximum atomic E-state index is 9.63. The van der Waals surface area contributed by atoms with Crippen molar-refractivity contribution in [3.05, 3.63) is 23.4 Å². The molecule has 0 saturated carbocycles. The Labute approximate surface area is 85.4 Å². The van der Waals surface area contributed by atoms with Crippen LogP contribution in [0.25, 0.3) is 0 Å². The smallest absolute Gasteiger partial charge is 0.130 e. The monoisotopic (exact) mass is 194 g/mol. The van der Waals surface area contributed by atoms with Gasteiger partial charge in [-0.3, -0.25) is 0 Å². The molecule has 0 unspecified atom stereocenters. The van der Waals surface area contributed by atoms with Crippen molar-refractivity contribution in [3.8, 4) is 0 Å². The van der Waals surface area contributed by atoms with E-state index in [0.29, 0.717) is 0 Å². The summed E-state index contributed by atoms with van der Waals surface area (Å²) in [5.74, 6) is 0.956. The number of aryl methyl sites for hydroxylation is 1. The molecule has 0 spiro atoms. The van der Waals surface area contributed by atoms with Crippen molar-refractivity contribution in [3.63, 3.8) is 0 Å². The van der Waals surface area contributed by atoms with Crippen molar-refractivity contribution in [2.24, 2.45) is 0 Å². The van der Waals surface area contributed by atoms with Gasteiger partial charge < -0.3 is 10.0 Å². The molecule has 0 aliphatic rings. The van der Waals surface area contributed by atoms with Crippen LogP contribution in [-0.4, -0.2) is 24.2 Å². The standard InChI is InChI=1S/C11H18N2O/c1-5-10(14)9-6-8(2)11(12-7-9)13(3)4/h6-7,10,14H,5H2,1-4H3/t10-/m1/s1. The van der Waals surface area contributed by atoms with Crippen molar-refractivity contribution < 1.29 is 5.11 Å². The third-order valence-electron chi connectivity index (χ3n) is 2.27. The quantitative estimate of drug-likeness (QED) is 0.798. The molecule has 1 rings (SSSR count). The van der Waals surface area contributed by atoms with Crippen LogP contribution in [0.3, 0.4) is 0 Å². The third kappa shape index (κ3) is 2.23. The van der Waals surface area contributed by atoms with E-state index in [1.165, 1.54) is 0 Å². The van der Waals surface area contributed by atoms with E-state index in [-0.39, 0.29) is 0 Å². The molecule has 0 aliphatic heterocycles. The summed E-state index contributed by atoms with van der Waals surface area (Å²) < 4.78 is 0. The number of anilines is 1. The Morgan fingerprint density at radius 3 is 2.57 bits per heavy atom. The fraction of sp³-hybridized carbons (Fsp3) is 0.545. The number of hydrogen-bond donors (Lipinski definition) is 1. The molecule has 78 valence electrons. The lowest BCUT2D eigenvalue weighted by Crippen LogP contribution is -2.12. The highest BCUT2D eigenvalue weighted by atomic mass is 16.3. The summed E-state index contributed by atoms with van der Waals surface area (Å²) in [4.78, 5) is 6.28. The van der Waals surface area contributed by atoms with Crippen LogP contribution >= 0.6 is 0 Å². The van der Waals surface area contributed by atoms with Gasteiger partial charge in [-0.05, 0) is 30.5 Å². The molecule has 0 saturated heterocycles. The molecule has 3 heteroatoms. The molecule has 1 atom stereocenters. The number of aliphatic hydroxyl groups excluding tert-OH is 1. The molecule has 1 N–H and O–H groups in total. The Kier molecular flexibility index (Phi) is 3.47. The van der Waals surface area contributed by atoms with E-state index >= 15 is 0 Å². The molecule has 3 nitrogen and oxygen atoms in total. The van der Waals surface area contributed by atoms with Gasteiger partial charge in [-0.15, -0.1) is 0 Å². The molecule has 0 amide bonds. The van der Waals surface area contributed by atoms with Gasteiger partial charge >= 0.3 is 0 Å². The van der Waals surface area contributed by atoms with E-state index < -0.39 is 6.10 Å². The first-order chi connectivity index (χ1) is 6.56. The second kappa shape index (κ2) is 4.42. The van der Waals surface area contributed by atoms with Gasteiger partial charge in [-0.2, -0.15) is 0 Å². The maximum absolute atomic E-state index is 9.63. The van der Waals surface area contributed by atoms with Crippen molar-refractivity contribution in [1.29, 1.82) is 0 Å². The fourth-order valence-electron chi connectivity index (χ4n) is 1.48. The molecule has 0 aliphatic carbocycles. The minimum atomic E-state index is -0.391. The van der Waals surface area contributed by atoms with Crippen LogP contribution in [0, 0.1) is 6.92 Å². The van der Waals surface area contributed by atoms with E-state index in [0.717, 1.165) is 23.4 Å². The average Bonchev–Trinajstić information content (AvgIpc) is 2.15. The summed E-state index contributed by atoms with van der Waals surface area (Å²) in [7, 11) is 3.93. The predicted molar refractivity (Wildman–Crippen MR) is 58.6 cm³/mol. The minimum absolute atomic E-state index is 0.391. The second-order valence-corrected chi connectivity index (χ2v) is 3.73. The Morgan fingerprint density at radius 1 is 1.50 bits per heavy atom. The van der Waals surface area contributed by atoms with Crippen molar-refractivity contribution in [1.82, 2.24) is 4.98 Å². The minimum Gasteiger partial charge on any atom is -0.388 e. The van der Waals surface area contributed by atoms with Crippen LogP contribution in [0.5, 0.6) is 0 Å². The zero-order chi connectivity index (χ0) is 10.7. The van der Waals surface area contributed by atoms with Crippen LogP contribution in [0.15, 0.2) is 12.3 Å². The average molecular weight is 194 g/mol. The lowest BCUT2D eigenvalue weighted by molar-refractivity contribution is 0.173. The van der Waals surface area contributed by atoms with Crippen molar-refractivity contribution in [2.45, 2.75) is 26.4 Å². The van der Waals surface area contributed by atoms with E-state index in [1.54, 1.807) is 6.20 Å². The number of aromatic nitrogens is 1. The van der Waals surface area contributed by atoms with Gasteiger partial charge in [0, 0.05) is 20.3 Å².